The predicted molar refractivity (Wildman–Crippen MR) is 84.2 cm³/mol. The molecule has 0 spiro atoms. The first-order chi connectivity index (χ1) is 10.2. The van der Waals surface area contributed by atoms with Crippen molar-refractivity contribution >= 4 is 22.6 Å². The molecule has 2 rings (SSSR count). The van der Waals surface area contributed by atoms with Gasteiger partial charge < -0.3 is 10.6 Å². The molecule has 0 aliphatic carbocycles. The Hall–Kier alpha value is -2.36. The number of amides is 2. The highest BCUT2D eigenvalue weighted by atomic mass is 16.2. The lowest BCUT2D eigenvalue weighted by molar-refractivity contribution is -0.121. The van der Waals surface area contributed by atoms with Crippen LogP contribution in [0.1, 0.15) is 30.1 Å². The van der Waals surface area contributed by atoms with E-state index in [1.54, 1.807) is 0 Å². The van der Waals surface area contributed by atoms with Crippen molar-refractivity contribution < 1.29 is 9.59 Å². The summed E-state index contributed by atoms with van der Waals surface area (Å²) in [7, 11) is 0. The average Bonchev–Trinajstić information content (AvgIpc) is 2.51. The van der Waals surface area contributed by atoms with Gasteiger partial charge in [-0.25, -0.2) is 0 Å². The summed E-state index contributed by atoms with van der Waals surface area (Å²) >= 11 is 0. The first-order valence-corrected chi connectivity index (χ1v) is 7.25. The number of hydrogen-bond donors (Lipinski definition) is 2. The normalized spacial score (nSPS) is 10.3. The lowest BCUT2D eigenvalue weighted by atomic mass is 10.0. The highest BCUT2D eigenvalue weighted by Crippen LogP contribution is 2.18. The van der Waals surface area contributed by atoms with Crippen LogP contribution in [0.4, 0.5) is 0 Å². The molecule has 21 heavy (non-hydrogen) atoms. The Labute approximate surface area is 124 Å². The lowest BCUT2D eigenvalue weighted by Crippen LogP contribution is -2.34. The van der Waals surface area contributed by atoms with Gasteiger partial charge in [-0.2, -0.15) is 0 Å². The summed E-state index contributed by atoms with van der Waals surface area (Å²) in [5, 5.41) is 7.59. The summed E-state index contributed by atoms with van der Waals surface area (Å²) in [4.78, 5) is 23.5. The number of fused-ring (bicyclic) bond motifs is 1. The number of hydrogen-bond acceptors (Lipinski definition) is 2. The fraction of sp³-hybridized carbons (Fsp3) is 0.294. The van der Waals surface area contributed by atoms with Gasteiger partial charge in [0.05, 0.1) is 0 Å². The molecule has 0 saturated carbocycles. The molecule has 0 heterocycles. The largest absolute Gasteiger partial charge is 0.354 e. The predicted octanol–water partition coefficient (Wildman–Crippen LogP) is 2.49. The van der Waals surface area contributed by atoms with Crippen molar-refractivity contribution in [2.24, 2.45) is 0 Å². The minimum atomic E-state index is -0.114. The molecule has 2 amide bonds. The fourth-order valence-electron chi connectivity index (χ4n) is 2.21. The third-order valence-corrected chi connectivity index (χ3v) is 3.24. The van der Waals surface area contributed by atoms with Crippen LogP contribution >= 0.6 is 0 Å². The van der Waals surface area contributed by atoms with E-state index in [1.165, 1.54) is 0 Å². The summed E-state index contributed by atoms with van der Waals surface area (Å²) in [6.45, 7) is 2.84. The van der Waals surface area contributed by atoms with E-state index >= 15 is 0 Å². The molecule has 2 aromatic carbocycles. The molecule has 0 unspecified atom stereocenters. The Balaban J connectivity index is 1.92. The van der Waals surface area contributed by atoms with Gasteiger partial charge in [0.2, 0.25) is 5.91 Å². The first kappa shape index (κ1) is 15.0. The minimum Gasteiger partial charge on any atom is -0.354 e. The second-order valence-corrected chi connectivity index (χ2v) is 4.88. The quantitative estimate of drug-likeness (QED) is 0.801. The average molecular weight is 284 g/mol. The maximum absolute atomic E-state index is 12.2. The lowest BCUT2D eigenvalue weighted by Gasteiger charge is -2.09. The Morgan fingerprint density at radius 2 is 1.67 bits per heavy atom. The SMILES string of the molecule is CCCC(=O)NCCNC(=O)c1cccc2ccccc12. The van der Waals surface area contributed by atoms with E-state index in [0.29, 0.717) is 25.1 Å². The van der Waals surface area contributed by atoms with Crippen LogP contribution < -0.4 is 10.6 Å². The molecule has 4 heteroatoms. The van der Waals surface area contributed by atoms with Crippen molar-refractivity contribution in [3.63, 3.8) is 0 Å². The van der Waals surface area contributed by atoms with E-state index in [1.807, 2.05) is 49.4 Å². The van der Waals surface area contributed by atoms with Gasteiger partial charge >= 0.3 is 0 Å². The van der Waals surface area contributed by atoms with Gasteiger partial charge in [-0.1, -0.05) is 43.3 Å². The van der Waals surface area contributed by atoms with Crippen molar-refractivity contribution in [3.05, 3.63) is 48.0 Å². The molecule has 0 radical (unpaired) electrons. The number of rotatable bonds is 6. The van der Waals surface area contributed by atoms with Gasteiger partial charge in [0.25, 0.3) is 5.91 Å². The summed E-state index contributed by atoms with van der Waals surface area (Å²) in [5.74, 6) is -0.0894. The third-order valence-electron chi connectivity index (χ3n) is 3.24. The van der Waals surface area contributed by atoms with Crippen LogP contribution in [-0.2, 0) is 4.79 Å². The smallest absolute Gasteiger partial charge is 0.251 e. The van der Waals surface area contributed by atoms with Gasteiger partial charge in [-0.05, 0) is 23.3 Å². The second-order valence-electron chi connectivity index (χ2n) is 4.88. The van der Waals surface area contributed by atoms with Crippen LogP contribution in [0.2, 0.25) is 0 Å². The zero-order valence-electron chi connectivity index (χ0n) is 12.2. The maximum atomic E-state index is 12.2. The van der Waals surface area contributed by atoms with Crippen LogP contribution in [0.15, 0.2) is 42.5 Å². The summed E-state index contributed by atoms with van der Waals surface area (Å²) in [6, 6.07) is 13.5. The van der Waals surface area contributed by atoms with Crippen molar-refractivity contribution in [2.75, 3.05) is 13.1 Å². The summed E-state index contributed by atoms with van der Waals surface area (Å²) < 4.78 is 0. The monoisotopic (exact) mass is 284 g/mol. The molecule has 0 atom stereocenters. The number of carbonyl (C=O) groups is 2. The zero-order chi connectivity index (χ0) is 15.1. The Morgan fingerprint density at radius 1 is 0.952 bits per heavy atom. The van der Waals surface area contributed by atoms with Gasteiger partial charge in [0.15, 0.2) is 0 Å². The summed E-state index contributed by atoms with van der Waals surface area (Å²) in [5.41, 5.74) is 0.660. The molecule has 2 aromatic rings. The molecule has 0 aromatic heterocycles. The Morgan fingerprint density at radius 3 is 2.48 bits per heavy atom. The third kappa shape index (κ3) is 4.05. The van der Waals surface area contributed by atoms with Crippen LogP contribution in [-0.4, -0.2) is 24.9 Å². The van der Waals surface area contributed by atoms with E-state index in [-0.39, 0.29) is 11.8 Å². The Kier molecular flexibility index (Phi) is 5.32. The van der Waals surface area contributed by atoms with Crippen LogP contribution in [0, 0.1) is 0 Å². The van der Waals surface area contributed by atoms with Gasteiger partial charge in [0.1, 0.15) is 0 Å². The number of benzene rings is 2. The number of carbonyl (C=O) groups excluding carboxylic acids is 2. The molecule has 0 fully saturated rings. The van der Waals surface area contributed by atoms with Gasteiger partial charge in [0, 0.05) is 25.1 Å². The fourth-order valence-corrected chi connectivity index (χ4v) is 2.21. The van der Waals surface area contributed by atoms with E-state index in [0.717, 1.165) is 17.2 Å². The Bertz CT molecular complexity index is 632. The van der Waals surface area contributed by atoms with E-state index < -0.39 is 0 Å². The molecular formula is C17H20N2O2. The minimum absolute atomic E-state index is 0.0249. The van der Waals surface area contributed by atoms with Crippen molar-refractivity contribution in [3.8, 4) is 0 Å². The highest BCUT2D eigenvalue weighted by Gasteiger charge is 2.08. The van der Waals surface area contributed by atoms with Gasteiger partial charge in [-0.15, -0.1) is 0 Å². The van der Waals surface area contributed by atoms with Crippen molar-refractivity contribution in [2.45, 2.75) is 19.8 Å². The standard InChI is InChI=1S/C17H20N2O2/c1-2-6-16(20)18-11-12-19-17(21)15-10-5-8-13-7-3-4-9-14(13)15/h3-5,7-10H,2,6,11-12H2,1H3,(H,18,20)(H,19,21). The molecule has 0 aliphatic rings. The van der Waals surface area contributed by atoms with Crippen LogP contribution in [0.5, 0.6) is 0 Å². The zero-order valence-corrected chi connectivity index (χ0v) is 12.2. The van der Waals surface area contributed by atoms with E-state index in [4.69, 9.17) is 0 Å². The molecular weight excluding hydrogens is 264 g/mol. The molecule has 110 valence electrons. The molecule has 0 saturated heterocycles. The van der Waals surface area contributed by atoms with Crippen LogP contribution in [0.3, 0.4) is 0 Å². The van der Waals surface area contributed by atoms with Gasteiger partial charge in [-0.3, -0.25) is 9.59 Å². The topological polar surface area (TPSA) is 58.2 Å². The van der Waals surface area contributed by atoms with E-state index in [9.17, 15) is 9.59 Å². The van der Waals surface area contributed by atoms with Crippen LogP contribution in [0.25, 0.3) is 10.8 Å². The molecule has 0 aliphatic heterocycles. The molecule has 2 N–H and O–H groups in total. The number of nitrogens with one attached hydrogen (secondary N) is 2. The second kappa shape index (κ2) is 7.43. The van der Waals surface area contributed by atoms with Crippen molar-refractivity contribution in [1.29, 1.82) is 0 Å². The summed E-state index contributed by atoms with van der Waals surface area (Å²) in [6.07, 6.45) is 1.35. The maximum Gasteiger partial charge on any atom is 0.251 e. The first-order valence-electron chi connectivity index (χ1n) is 7.25. The van der Waals surface area contributed by atoms with E-state index in [2.05, 4.69) is 10.6 Å². The highest BCUT2D eigenvalue weighted by molar-refractivity contribution is 6.06. The van der Waals surface area contributed by atoms with Crippen molar-refractivity contribution in [1.82, 2.24) is 10.6 Å². The molecule has 0 bridgehead atoms. The molecule has 4 nitrogen and oxygen atoms in total.